The molecule has 0 amide bonds. The summed E-state index contributed by atoms with van der Waals surface area (Å²) in [6.45, 7) is 3.77. The summed E-state index contributed by atoms with van der Waals surface area (Å²) in [7, 11) is 1.69. The van der Waals surface area contributed by atoms with Gasteiger partial charge in [0.1, 0.15) is 17.5 Å². The van der Waals surface area contributed by atoms with Crippen molar-refractivity contribution in [3.05, 3.63) is 48.3 Å². The topological polar surface area (TPSA) is 52.4 Å². The summed E-state index contributed by atoms with van der Waals surface area (Å²) >= 11 is 0. The molecule has 1 aliphatic heterocycles. The Labute approximate surface area is 130 Å². The summed E-state index contributed by atoms with van der Waals surface area (Å²) < 4.78 is 5.29. The number of rotatable bonds is 3. The molecule has 0 atom stereocenters. The van der Waals surface area contributed by atoms with Crippen LogP contribution in [0.3, 0.4) is 0 Å². The van der Waals surface area contributed by atoms with E-state index in [1.54, 1.807) is 19.4 Å². The Bertz CT molecular complexity index is 670. The zero-order chi connectivity index (χ0) is 15.4. The molecule has 112 valence electrons. The van der Waals surface area contributed by atoms with Crippen LogP contribution in [-0.2, 0) is 0 Å². The Kier molecular flexibility index (Phi) is 4.10. The van der Waals surface area contributed by atoms with E-state index in [2.05, 4.69) is 26.9 Å². The Hall–Kier alpha value is -2.74. The average Bonchev–Trinajstić information content (AvgIpc) is 2.62. The zero-order valence-corrected chi connectivity index (χ0v) is 12.6. The van der Waals surface area contributed by atoms with Gasteiger partial charge in [0.25, 0.3) is 0 Å². The van der Waals surface area contributed by atoms with E-state index in [1.165, 1.54) is 5.69 Å². The lowest BCUT2D eigenvalue weighted by Gasteiger charge is -2.37. The molecule has 1 saturated heterocycles. The van der Waals surface area contributed by atoms with Crippen molar-refractivity contribution in [3.8, 4) is 11.8 Å². The van der Waals surface area contributed by atoms with Crippen LogP contribution in [0.25, 0.3) is 0 Å². The highest BCUT2D eigenvalue weighted by Gasteiger charge is 2.18. The van der Waals surface area contributed by atoms with Gasteiger partial charge >= 0.3 is 0 Å². The fourth-order valence-corrected chi connectivity index (χ4v) is 2.67. The summed E-state index contributed by atoms with van der Waals surface area (Å²) in [4.78, 5) is 8.79. The standard InChI is InChI=1S/C17H18N4O/c1-22-17-4-2-3-15(11-17)20-7-9-21(10-8-20)16-6-5-14(12-18)19-13-16/h2-6,11,13H,7-10H2,1H3. The SMILES string of the molecule is COc1cccc(N2CCN(c3ccc(C#N)nc3)CC2)c1. The maximum Gasteiger partial charge on any atom is 0.140 e. The fraction of sp³-hybridized carbons (Fsp3) is 0.294. The Morgan fingerprint density at radius 3 is 2.36 bits per heavy atom. The van der Waals surface area contributed by atoms with E-state index >= 15 is 0 Å². The Morgan fingerprint density at radius 1 is 1.05 bits per heavy atom. The minimum absolute atomic E-state index is 0.457. The minimum atomic E-state index is 0.457. The predicted molar refractivity (Wildman–Crippen MR) is 86.4 cm³/mol. The minimum Gasteiger partial charge on any atom is -0.497 e. The molecule has 5 nitrogen and oxygen atoms in total. The Balaban J connectivity index is 1.65. The largest absolute Gasteiger partial charge is 0.497 e. The Morgan fingerprint density at radius 2 is 1.77 bits per heavy atom. The second kappa shape index (κ2) is 6.35. The van der Waals surface area contributed by atoms with Gasteiger partial charge in [-0.2, -0.15) is 5.26 Å². The van der Waals surface area contributed by atoms with Gasteiger partial charge in [0.2, 0.25) is 0 Å². The maximum atomic E-state index is 8.80. The number of benzene rings is 1. The smallest absolute Gasteiger partial charge is 0.140 e. The number of nitriles is 1. The lowest BCUT2D eigenvalue weighted by Crippen LogP contribution is -2.46. The molecule has 2 aromatic rings. The van der Waals surface area contributed by atoms with Crippen LogP contribution in [0.4, 0.5) is 11.4 Å². The van der Waals surface area contributed by atoms with Crippen LogP contribution < -0.4 is 14.5 Å². The lowest BCUT2D eigenvalue weighted by atomic mass is 10.2. The molecule has 1 fully saturated rings. The molecular formula is C17H18N4O. The summed E-state index contributed by atoms with van der Waals surface area (Å²) in [5, 5.41) is 8.80. The number of anilines is 2. The third-order valence-electron chi connectivity index (χ3n) is 3.93. The summed E-state index contributed by atoms with van der Waals surface area (Å²) in [5.74, 6) is 0.885. The van der Waals surface area contributed by atoms with E-state index in [0.717, 1.165) is 37.6 Å². The quantitative estimate of drug-likeness (QED) is 0.869. The number of piperazine rings is 1. The monoisotopic (exact) mass is 294 g/mol. The predicted octanol–water partition coefficient (Wildman–Crippen LogP) is 2.29. The molecule has 5 heteroatoms. The van der Waals surface area contributed by atoms with Gasteiger partial charge in [-0.1, -0.05) is 6.07 Å². The van der Waals surface area contributed by atoms with E-state index in [4.69, 9.17) is 10.00 Å². The van der Waals surface area contributed by atoms with E-state index in [-0.39, 0.29) is 0 Å². The molecule has 1 aromatic carbocycles. The molecule has 0 aliphatic carbocycles. The van der Waals surface area contributed by atoms with Crippen molar-refractivity contribution >= 4 is 11.4 Å². The van der Waals surface area contributed by atoms with Crippen molar-refractivity contribution < 1.29 is 4.74 Å². The van der Waals surface area contributed by atoms with Crippen LogP contribution in [-0.4, -0.2) is 38.3 Å². The first-order valence-corrected chi connectivity index (χ1v) is 7.30. The zero-order valence-electron chi connectivity index (χ0n) is 12.6. The first-order valence-electron chi connectivity index (χ1n) is 7.30. The molecule has 1 aliphatic rings. The fourth-order valence-electron chi connectivity index (χ4n) is 2.67. The molecule has 0 unspecified atom stereocenters. The number of hydrogen-bond acceptors (Lipinski definition) is 5. The number of ether oxygens (including phenoxy) is 1. The first-order chi connectivity index (χ1) is 10.8. The molecule has 0 spiro atoms. The number of pyridine rings is 1. The molecule has 22 heavy (non-hydrogen) atoms. The van der Waals surface area contributed by atoms with Crippen LogP contribution in [0.5, 0.6) is 5.75 Å². The van der Waals surface area contributed by atoms with Crippen LogP contribution >= 0.6 is 0 Å². The van der Waals surface area contributed by atoms with Crippen molar-refractivity contribution in [3.63, 3.8) is 0 Å². The second-order valence-electron chi connectivity index (χ2n) is 5.19. The summed E-state index contributed by atoms with van der Waals surface area (Å²) in [5.41, 5.74) is 2.72. The van der Waals surface area contributed by atoms with Gasteiger partial charge in [0, 0.05) is 37.9 Å². The van der Waals surface area contributed by atoms with Gasteiger partial charge in [-0.3, -0.25) is 0 Å². The number of aromatic nitrogens is 1. The third-order valence-corrected chi connectivity index (χ3v) is 3.93. The van der Waals surface area contributed by atoms with Crippen LogP contribution in [0.1, 0.15) is 5.69 Å². The molecule has 0 N–H and O–H groups in total. The van der Waals surface area contributed by atoms with Gasteiger partial charge in [-0.15, -0.1) is 0 Å². The van der Waals surface area contributed by atoms with Gasteiger partial charge in [0.05, 0.1) is 19.0 Å². The molecule has 0 saturated carbocycles. The van der Waals surface area contributed by atoms with Crippen LogP contribution in [0, 0.1) is 11.3 Å². The molecule has 3 rings (SSSR count). The van der Waals surface area contributed by atoms with E-state index in [1.807, 2.05) is 24.3 Å². The van der Waals surface area contributed by atoms with Crippen molar-refractivity contribution in [1.29, 1.82) is 5.26 Å². The van der Waals surface area contributed by atoms with Crippen molar-refractivity contribution in [2.45, 2.75) is 0 Å². The maximum absolute atomic E-state index is 8.80. The summed E-state index contributed by atoms with van der Waals surface area (Å²) in [6.07, 6.45) is 1.78. The number of methoxy groups -OCH3 is 1. The average molecular weight is 294 g/mol. The molecule has 1 aromatic heterocycles. The van der Waals surface area contributed by atoms with Gasteiger partial charge in [0.15, 0.2) is 0 Å². The van der Waals surface area contributed by atoms with E-state index in [9.17, 15) is 0 Å². The van der Waals surface area contributed by atoms with E-state index < -0.39 is 0 Å². The number of nitrogens with zero attached hydrogens (tertiary/aromatic N) is 4. The molecule has 0 bridgehead atoms. The van der Waals surface area contributed by atoms with Crippen molar-refractivity contribution in [2.24, 2.45) is 0 Å². The highest BCUT2D eigenvalue weighted by atomic mass is 16.5. The van der Waals surface area contributed by atoms with Gasteiger partial charge in [-0.25, -0.2) is 4.98 Å². The van der Waals surface area contributed by atoms with Gasteiger partial charge in [-0.05, 0) is 24.3 Å². The first kappa shape index (κ1) is 14.2. The lowest BCUT2D eigenvalue weighted by molar-refractivity contribution is 0.414. The highest BCUT2D eigenvalue weighted by Crippen LogP contribution is 2.23. The molecule has 2 heterocycles. The third kappa shape index (κ3) is 2.96. The van der Waals surface area contributed by atoms with Crippen LogP contribution in [0.15, 0.2) is 42.6 Å². The highest BCUT2D eigenvalue weighted by molar-refractivity contribution is 5.53. The van der Waals surface area contributed by atoms with Gasteiger partial charge < -0.3 is 14.5 Å². The molecular weight excluding hydrogens is 276 g/mol. The van der Waals surface area contributed by atoms with E-state index in [0.29, 0.717) is 5.69 Å². The van der Waals surface area contributed by atoms with Crippen LogP contribution in [0.2, 0.25) is 0 Å². The summed E-state index contributed by atoms with van der Waals surface area (Å²) in [6, 6.07) is 13.9. The van der Waals surface area contributed by atoms with Crippen molar-refractivity contribution in [2.75, 3.05) is 43.1 Å². The van der Waals surface area contributed by atoms with Crippen molar-refractivity contribution in [1.82, 2.24) is 4.98 Å². The second-order valence-corrected chi connectivity index (χ2v) is 5.19. The normalized spacial score (nSPS) is 14.5. The molecule has 0 radical (unpaired) electrons. The number of hydrogen-bond donors (Lipinski definition) is 0.